The topological polar surface area (TPSA) is 19.6 Å². The van der Waals surface area contributed by atoms with Crippen molar-refractivity contribution in [2.75, 3.05) is 9.80 Å². The molecule has 0 radical (unpaired) electrons. The molecule has 0 bridgehead atoms. The van der Waals surface area contributed by atoms with Gasteiger partial charge in [0.2, 0.25) is 0 Å². The van der Waals surface area contributed by atoms with Crippen molar-refractivity contribution in [3.63, 3.8) is 0 Å². The highest BCUT2D eigenvalue weighted by atomic mass is 16.3. The highest BCUT2D eigenvalue weighted by Gasteiger charge is 2.49. The van der Waals surface area contributed by atoms with Crippen molar-refractivity contribution in [2.24, 2.45) is 0 Å². The second kappa shape index (κ2) is 17.7. The van der Waals surface area contributed by atoms with Crippen LogP contribution in [0.15, 0.2) is 271 Å². The number of hydrogen-bond donors (Lipinski definition) is 0. The Morgan fingerprint density at radius 3 is 1.38 bits per heavy atom. The zero-order chi connectivity index (χ0) is 48.2. The first-order valence-corrected chi connectivity index (χ1v) is 24.8. The molecule has 3 heteroatoms. The van der Waals surface area contributed by atoms with Gasteiger partial charge in [0.05, 0.1) is 16.5 Å². The number of anilines is 6. The average molecular weight is 923 g/mol. The van der Waals surface area contributed by atoms with Crippen molar-refractivity contribution >= 4 is 56.1 Å². The summed E-state index contributed by atoms with van der Waals surface area (Å²) >= 11 is 0. The average Bonchev–Trinajstić information content (AvgIpc) is 3.97. The van der Waals surface area contributed by atoms with E-state index >= 15 is 0 Å². The van der Waals surface area contributed by atoms with Crippen molar-refractivity contribution in [3.8, 4) is 33.4 Å². The van der Waals surface area contributed by atoms with Gasteiger partial charge in [0, 0.05) is 39.4 Å². The minimum absolute atomic E-state index is 0.777. The quantitative estimate of drug-likeness (QED) is 0.136. The summed E-state index contributed by atoms with van der Waals surface area (Å²) in [6.45, 7) is 4.30. The largest absolute Gasteiger partial charge is 0.455 e. The van der Waals surface area contributed by atoms with Crippen molar-refractivity contribution in [2.45, 2.75) is 19.3 Å². The van der Waals surface area contributed by atoms with Gasteiger partial charge in [-0.1, -0.05) is 205 Å². The third-order valence-corrected chi connectivity index (χ3v) is 14.6. The Bertz CT molecular complexity index is 3880. The number of fused-ring (bicyclic) bond motifs is 7. The second-order valence-electron chi connectivity index (χ2n) is 19.0. The molecule has 0 spiro atoms. The lowest BCUT2D eigenvalue weighted by molar-refractivity contribution is 0.669. The first-order valence-electron chi connectivity index (χ1n) is 24.8. The number of aryl methyl sites for hydroxylation is 2. The van der Waals surface area contributed by atoms with Gasteiger partial charge >= 0.3 is 0 Å². The summed E-state index contributed by atoms with van der Waals surface area (Å²) in [5.41, 5.74) is 21.4. The molecule has 0 aliphatic heterocycles. The van der Waals surface area contributed by atoms with Crippen LogP contribution in [0.3, 0.4) is 0 Å². The molecule has 0 saturated carbocycles. The fourth-order valence-electron chi connectivity index (χ4n) is 11.3. The van der Waals surface area contributed by atoms with E-state index in [-0.39, 0.29) is 0 Å². The summed E-state index contributed by atoms with van der Waals surface area (Å²) < 4.78 is 7.34. The van der Waals surface area contributed by atoms with Gasteiger partial charge in [-0.3, -0.25) is 0 Å². The molecular formula is C69H50N2O. The number of rotatable bonds is 10. The molecular weight excluding hydrogens is 873 g/mol. The predicted octanol–water partition coefficient (Wildman–Crippen LogP) is 18.8. The summed E-state index contributed by atoms with van der Waals surface area (Å²) in [4.78, 5) is 4.86. The molecule has 12 aromatic rings. The lowest BCUT2D eigenvalue weighted by Crippen LogP contribution is -2.29. The molecule has 11 aromatic carbocycles. The maximum Gasteiger partial charge on any atom is 0.145 e. The zero-order valence-electron chi connectivity index (χ0n) is 40.2. The van der Waals surface area contributed by atoms with Gasteiger partial charge in [-0.05, 0) is 137 Å². The van der Waals surface area contributed by atoms with Crippen LogP contribution in [0, 0.1) is 13.8 Å². The molecule has 1 aromatic heterocycles. The van der Waals surface area contributed by atoms with Crippen LogP contribution in [-0.2, 0) is 5.41 Å². The zero-order valence-corrected chi connectivity index (χ0v) is 40.2. The predicted molar refractivity (Wildman–Crippen MR) is 301 cm³/mol. The molecule has 1 aliphatic rings. The molecule has 342 valence electrons. The second-order valence-corrected chi connectivity index (χ2v) is 19.0. The number of para-hydroxylation sites is 1. The SMILES string of the molecule is Cc1ccc(N(c2cccc(-c3ccccc3)c2)c2ccc3c(c2)C(c2ccccc2)(c2ccccc2)c2cc(N(c4ccc(C)cc4)c4cccc(-c5ccccc5)c4)c4c(oc5ccccc54)c2-3)cc1. The van der Waals surface area contributed by atoms with Crippen LogP contribution < -0.4 is 9.80 Å². The summed E-state index contributed by atoms with van der Waals surface area (Å²) in [5.74, 6) is 0. The Morgan fingerprint density at radius 2 is 0.806 bits per heavy atom. The molecule has 0 amide bonds. The van der Waals surface area contributed by atoms with E-state index in [4.69, 9.17) is 4.42 Å². The first-order chi connectivity index (χ1) is 35.5. The van der Waals surface area contributed by atoms with Crippen LogP contribution in [0.25, 0.3) is 55.3 Å². The maximum atomic E-state index is 7.34. The van der Waals surface area contributed by atoms with Crippen LogP contribution in [0.5, 0.6) is 0 Å². The molecule has 0 atom stereocenters. The van der Waals surface area contributed by atoms with Crippen LogP contribution in [0.1, 0.15) is 33.4 Å². The molecule has 0 fully saturated rings. The summed E-state index contributed by atoms with van der Waals surface area (Å²) in [6.07, 6.45) is 0. The van der Waals surface area contributed by atoms with Crippen molar-refractivity contribution < 1.29 is 4.42 Å². The van der Waals surface area contributed by atoms with Crippen LogP contribution >= 0.6 is 0 Å². The standard InChI is InChI=1S/C69H50N2O/c1-47-33-37-55(38-34-47)70(57-29-17-23-51(43-57)49-19-7-3-8-20-49)59-41-42-60-62(45-59)69(53-25-11-5-12-26-53,54-27-13-6-14-28-54)63-46-64(67-61-31-15-16-32-65(61)72-68(67)66(60)63)71(56-39-35-48(2)36-40-56)58-30-18-24-52(44-58)50-21-9-4-10-22-50/h3-46H,1-2H3. The van der Waals surface area contributed by atoms with Gasteiger partial charge in [-0.25, -0.2) is 0 Å². The number of nitrogens with zero attached hydrogens (tertiary/aromatic N) is 2. The third kappa shape index (κ3) is 7.12. The Balaban J connectivity index is 1.13. The van der Waals surface area contributed by atoms with Gasteiger partial charge in [-0.2, -0.15) is 0 Å². The highest BCUT2D eigenvalue weighted by Crippen LogP contribution is 2.62. The summed E-state index contributed by atoms with van der Waals surface area (Å²) in [6, 6.07) is 97.4. The lowest BCUT2D eigenvalue weighted by atomic mass is 9.67. The molecule has 72 heavy (non-hydrogen) atoms. The Labute approximate surface area is 421 Å². The fourth-order valence-corrected chi connectivity index (χ4v) is 11.3. The van der Waals surface area contributed by atoms with Crippen molar-refractivity contribution in [3.05, 3.63) is 300 Å². The normalized spacial score (nSPS) is 12.4. The van der Waals surface area contributed by atoms with Gasteiger partial charge in [0.15, 0.2) is 0 Å². The van der Waals surface area contributed by atoms with Crippen LogP contribution in [-0.4, -0.2) is 0 Å². The molecule has 1 aliphatic carbocycles. The molecule has 13 rings (SSSR count). The highest BCUT2D eigenvalue weighted by molar-refractivity contribution is 6.19. The fraction of sp³-hybridized carbons (Fsp3) is 0.0435. The minimum Gasteiger partial charge on any atom is -0.455 e. The van der Waals surface area contributed by atoms with Gasteiger partial charge in [0.25, 0.3) is 0 Å². The molecule has 0 unspecified atom stereocenters. The van der Waals surface area contributed by atoms with Gasteiger partial charge < -0.3 is 14.2 Å². The maximum absolute atomic E-state index is 7.34. The molecule has 3 nitrogen and oxygen atoms in total. The van der Waals surface area contributed by atoms with E-state index < -0.39 is 5.41 Å². The number of benzene rings is 11. The minimum atomic E-state index is -0.777. The van der Waals surface area contributed by atoms with E-state index in [1.54, 1.807) is 0 Å². The third-order valence-electron chi connectivity index (χ3n) is 14.6. The van der Waals surface area contributed by atoms with Crippen molar-refractivity contribution in [1.29, 1.82) is 0 Å². The summed E-state index contributed by atoms with van der Waals surface area (Å²) in [5, 5.41) is 2.14. The smallest absolute Gasteiger partial charge is 0.145 e. The molecule has 1 heterocycles. The van der Waals surface area contributed by atoms with E-state index in [1.165, 1.54) is 38.9 Å². The van der Waals surface area contributed by atoms with Crippen LogP contribution in [0.2, 0.25) is 0 Å². The number of furan rings is 1. The van der Waals surface area contributed by atoms with E-state index in [0.717, 1.165) is 83.9 Å². The van der Waals surface area contributed by atoms with Gasteiger partial charge in [0.1, 0.15) is 11.2 Å². The Morgan fingerprint density at radius 1 is 0.347 bits per heavy atom. The molecule has 0 N–H and O–H groups in total. The summed E-state index contributed by atoms with van der Waals surface area (Å²) in [7, 11) is 0. The van der Waals surface area contributed by atoms with Crippen molar-refractivity contribution in [1.82, 2.24) is 0 Å². The monoisotopic (exact) mass is 922 g/mol. The Hall–Kier alpha value is -9.18. The lowest BCUT2D eigenvalue weighted by Gasteiger charge is -2.36. The van der Waals surface area contributed by atoms with E-state index in [0.29, 0.717) is 0 Å². The van der Waals surface area contributed by atoms with E-state index in [2.05, 4.69) is 291 Å². The van der Waals surface area contributed by atoms with Crippen LogP contribution in [0.4, 0.5) is 34.1 Å². The first kappa shape index (κ1) is 42.9. The van der Waals surface area contributed by atoms with E-state index in [9.17, 15) is 0 Å². The Kier molecular flexibility index (Phi) is 10.5. The number of hydrogen-bond acceptors (Lipinski definition) is 3. The molecule has 0 saturated heterocycles. The van der Waals surface area contributed by atoms with Gasteiger partial charge in [-0.15, -0.1) is 0 Å². The van der Waals surface area contributed by atoms with E-state index in [1.807, 2.05) is 0 Å².